The Morgan fingerprint density at radius 2 is 1.80 bits per heavy atom. The lowest BCUT2D eigenvalue weighted by Gasteiger charge is -2.35. The van der Waals surface area contributed by atoms with Crippen molar-refractivity contribution in [2.45, 2.75) is 38.0 Å². The van der Waals surface area contributed by atoms with Gasteiger partial charge in [-0.05, 0) is 49.5 Å². The summed E-state index contributed by atoms with van der Waals surface area (Å²) in [5.74, 6) is 0.0825. The van der Waals surface area contributed by atoms with Gasteiger partial charge < -0.3 is 24.9 Å². The van der Waals surface area contributed by atoms with Gasteiger partial charge >= 0.3 is 0 Å². The molecule has 1 aliphatic heterocycles. The molecule has 0 spiro atoms. The van der Waals surface area contributed by atoms with Crippen LogP contribution in [0.4, 0.5) is 0 Å². The van der Waals surface area contributed by atoms with Crippen molar-refractivity contribution < 1.29 is 17.9 Å². The highest BCUT2D eigenvalue weighted by Crippen LogP contribution is 2.46. The number of sulfonamides is 1. The second kappa shape index (κ2) is 10.7. The summed E-state index contributed by atoms with van der Waals surface area (Å²) in [6, 6.07) is 8.86. The van der Waals surface area contributed by atoms with Gasteiger partial charge in [-0.3, -0.25) is 4.79 Å². The minimum Gasteiger partial charge on any atom is -0.491 e. The first-order valence-electron chi connectivity index (χ1n) is 14.0. The minimum atomic E-state index is -3.90. The first-order valence-corrected chi connectivity index (χ1v) is 15.4. The molecule has 9 nitrogen and oxygen atoms in total. The number of piperazine rings is 1. The van der Waals surface area contributed by atoms with E-state index in [1.807, 2.05) is 39.1 Å². The van der Waals surface area contributed by atoms with E-state index in [1.165, 1.54) is 10.5 Å². The summed E-state index contributed by atoms with van der Waals surface area (Å²) in [6.07, 6.45) is 1.28. The number of ether oxygens (including phenoxy) is 1. The van der Waals surface area contributed by atoms with E-state index in [0.29, 0.717) is 50.5 Å². The Bertz CT molecular complexity index is 1560. The van der Waals surface area contributed by atoms with Gasteiger partial charge in [0.2, 0.25) is 10.0 Å². The Morgan fingerprint density at radius 3 is 2.45 bits per heavy atom. The lowest BCUT2D eigenvalue weighted by Crippen LogP contribution is -2.47. The average molecular weight is 566 g/mol. The maximum Gasteiger partial charge on any atom is 0.246 e. The Kier molecular flexibility index (Phi) is 7.64. The molecule has 2 aliphatic rings. The molecule has 2 heterocycles. The molecular weight excluding hydrogens is 526 g/mol. The second-order valence-corrected chi connectivity index (χ2v) is 13.1. The molecule has 0 unspecified atom stereocenters. The Morgan fingerprint density at radius 1 is 1.10 bits per heavy atom. The number of carbonyl (C=O) groups is 1. The van der Waals surface area contributed by atoms with E-state index < -0.39 is 15.4 Å². The molecule has 2 aromatic carbocycles. The molecule has 40 heavy (non-hydrogen) atoms. The number of ketones is 1. The number of benzene rings is 2. The fraction of sp³-hybridized carbons (Fsp3) is 0.467. The number of nitrogens with one attached hydrogen (secondary N) is 2. The summed E-state index contributed by atoms with van der Waals surface area (Å²) in [4.78, 5) is 21.9. The predicted octanol–water partition coefficient (Wildman–Crippen LogP) is 3.69. The zero-order chi connectivity index (χ0) is 28.8. The first-order chi connectivity index (χ1) is 19.0. The fourth-order valence-corrected chi connectivity index (χ4v) is 7.41. The molecule has 1 fully saturated rings. The van der Waals surface area contributed by atoms with Crippen LogP contribution < -0.4 is 4.74 Å². The number of aromatic nitrogens is 1. The molecule has 1 saturated heterocycles. The molecule has 5 rings (SSSR count). The zero-order valence-electron chi connectivity index (χ0n) is 24.0. The number of aromatic amines is 1. The van der Waals surface area contributed by atoms with Crippen molar-refractivity contribution in [1.29, 1.82) is 5.41 Å². The van der Waals surface area contributed by atoms with Gasteiger partial charge in [0.1, 0.15) is 17.3 Å². The topological polar surface area (TPSA) is 110 Å². The molecule has 2 N–H and O–H groups in total. The van der Waals surface area contributed by atoms with Gasteiger partial charge in [0, 0.05) is 66.5 Å². The number of likely N-dealkylation sites (N-methyl/N-ethyl adjacent to an activating group) is 2. The van der Waals surface area contributed by atoms with Gasteiger partial charge in [0.25, 0.3) is 0 Å². The fourth-order valence-electron chi connectivity index (χ4n) is 5.85. The van der Waals surface area contributed by atoms with Crippen molar-refractivity contribution in [1.82, 2.24) is 19.1 Å². The highest BCUT2D eigenvalue weighted by atomic mass is 32.2. The number of H-pyrrole nitrogens is 1. The Labute approximate surface area is 236 Å². The van der Waals surface area contributed by atoms with Crippen LogP contribution in [-0.2, 0) is 15.4 Å². The molecular formula is C30H39N5O4S. The van der Waals surface area contributed by atoms with E-state index >= 15 is 0 Å². The van der Waals surface area contributed by atoms with E-state index in [1.54, 1.807) is 12.1 Å². The van der Waals surface area contributed by atoms with E-state index in [4.69, 9.17) is 10.1 Å². The molecule has 0 amide bonds. The number of rotatable bonds is 9. The van der Waals surface area contributed by atoms with Crippen molar-refractivity contribution in [3.05, 3.63) is 58.3 Å². The number of fused-ring (bicyclic) bond motifs is 4. The largest absolute Gasteiger partial charge is 0.491 e. The predicted molar refractivity (Wildman–Crippen MR) is 158 cm³/mol. The molecule has 0 saturated carbocycles. The Balaban J connectivity index is 1.65. The third-order valence-corrected chi connectivity index (χ3v) is 10.4. The van der Waals surface area contributed by atoms with Crippen LogP contribution in [0, 0.1) is 5.41 Å². The third-order valence-electron chi connectivity index (χ3n) is 8.48. The van der Waals surface area contributed by atoms with E-state index in [-0.39, 0.29) is 16.4 Å². The highest BCUT2D eigenvalue weighted by molar-refractivity contribution is 7.89. The molecule has 1 aromatic heterocycles. The maximum atomic E-state index is 14.1. The van der Waals surface area contributed by atoms with Gasteiger partial charge in [-0.2, -0.15) is 4.31 Å². The van der Waals surface area contributed by atoms with Crippen molar-refractivity contribution >= 4 is 32.9 Å². The van der Waals surface area contributed by atoms with Crippen molar-refractivity contribution in [2.24, 2.45) is 0 Å². The second-order valence-electron chi connectivity index (χ2n) is 11.2. The average Bonchev–Trinajstić information content (AvgIpc) is 3.34. The lowest BCUT2D eigenvalue weighted by atomic mass is 9.71. The van der Waals surface area contributed by atoms with Gasteiger partial charge in [-0.1, -0.05) is 39.8 Å². The van der Waals surface area contributed by atoms with Crippen LogP contribution in [0.1, 0.15) is 60.4 Å². The molecule has 0 atom stereocenters. The summed E-state index contributed by atoms with van der Waals surface area (Å²) in [5, 5.41) is 8.40. The molecule has 1 aliphatic carbocycles. The highest BCUT2D eigenvalue weighted by Gasteiger charge is 2.42. The molecule has 214 valence electrons. The van der Waals surface area contributed by atoms with Crippen LogP contribution in [0.25, 0.3) is 10.9 Å². The van der Waals surface area contributed by atoms with E-state index in [2.05, 4.69) is 28.6 Å². The lowest BCUT2D eigenvalue weighted by molar-refractivity contribution is 0.103. The standard InChI is InChI=1S/C30H39N5O4S/c1-6-34(7-2)14-15-39-25-18-23-22(17-26(25)40(37,38)35-12-10-33(5)11-13-35)28(36)27-21-9-8-20(19-31)16-24(21)32-29(27)30(23,3)4/h8-9,16-19,31-32H,6-7,10-15H2,1-5H3. The number of hydrogen-bond donors (Lipinski definition) is 2. The zero-order valence-corrected chi connectivity index (χ0v) is 24.8. The smallest absolute Gasteiger partial charge is 0.246 e. The van der Waals surface area contributed by atoms with Crippen molar-refractivity contribution in [2.75, 3.05) is 59.5 Å². The molecule has 3 aromatic rings. The summed E-state index contributed by atoms with van der Waals surface area (Å²) in [5.41, 5.74) is 3.36. The quantitative estimate of drug-likeness (QED) is 0.383. The number of carbonyl (C=O) groups excluding carboxylic acids is 1. The van der Waals surface area contributed by atoms with Gasteiger partial charge in [0.15, 0.2) is 5.78 Å². The minimum absolute atomic E-state index is 0.0499. The maximum absolute atomic E-state index is 14.1. The van der Waals surface area contributed by atoms with Crippen LogP contribution >= 0.6 is 0 Å². The van der Waals surface area contributed by atoms with Gasteiger partial charge in [-0.25, -0.2) is 8.42 Å². The van der Waals surface area contributed by atoms with Crippen LogP contribution in [0.3, 0.4) is 0 Å². The van der Waals surface area contributed by atoms with Crippen LogP contribution in [0.5, 0.6) is 5.75 Å². The Hall–Kier alpha value is -3.05. The monoisotopic (exact) mass is 565 g/mol. The summed E-state index contributed by atoms with van der Waals surface area (Å²) < 4.78 is 35.8. The van der Waals surface area contributed by atoms with Gasteiger partial charge in [0.05, 0.1) is 5.56 Å². The number of hydrogen-bond acceptors (Lipinski definition) is 7. The molecule has 10 heteroatoms. The van der Waals surface area contributed by atoms with Gasteiger partial charge in [-0.15, -0.1) is 0 Å². The summed E-state index contributed by atoms with van der Waals surface area (Å²) in [7, 11) is -1.92. The summed E-state index contributed by atoms with van der Waals surface area (Å²) in [6.45, 7) is 13.1. The van der Waals surface area contributed by atoms with E-state index in [0.717, 1.165) is 40.8 Å². The van der Waals surface area contributed by atoms with Crippen LogP contribution in [-0.4, -0.2) is 99.0 Å². The first kappa shape index (κ1) is 28.5. The number of nitrogens with zero attached hydrogens (tertiary/aromatic N) is 3. The SMILES string of the molecule is CCN(CC)CCOc1cc2c(cc1S(=O)(=O)N1CCN(C)CC1)C(=O)c1c([nH]c3cc(C=N)ccc13)C2(C)C. The third kappa shape index (κ3) is 4.76. The molecule has 0 bridgehead atoms. The van der Waals surface area contributed by atoms with Crippen molar-refractivity contribution in [3.63, 3.8) is 0 Å². The van der Waals surface area contributed by atoms with Crippen molar-refractivity contribution in [3.8, 4) is 5.75 Å². The van der Waals surface area contributed by atoms with Crippen LogP contribution in [0.15, 0.2) is 35.2 Å². The normalized spacial score (nSPS) is 17.7. The molecule has 0 radical (unpaired) electrons. The summed E-state index contributed by atoms with van der Waals surface area (Å²) >= 11 is 0. The van der Waals surface area contributed by atoms with E-state index in [9.17, 15) is 13.2 Å². The van der Waals surface area contributed by atoms with Crippen LogP contribution in [0.2, 0.25) is 0 Å².